The number of benzene rings is 2. The largest absolute Gasteiger partial charge is 0.330 e. The Bertz CT molecular complexity index is 655. The minimum absolute atomic E-state index is 0.0202. The van der Waals surface area contributed by atoms with Gasteiger partial charge in [0.05, 0.1) is 0 Å². The lowest BCUT2D eigenvalue weighted by molar-refractivity contribution is 0.366. The van der Waals surface area contributed by atoms with E-state index in [4.69, 9.17) is 17.3 Å². The van der Waals surface area contributed by atoms with Crippen molar-refractivity contribution in [2.75, 3.05) is 6.54 Å². The van der Waals surface area contributed by atoms with Gasteiger partial charge in [-0.1, -0.05) is 57.9 Å². The molecule has 1 atom stereocenters. The molecule has 3 heteroatoms. The Balaban J connectivity index is 2.02. The Morgan fingerprint density at radius 1 is 1.19 bits per heavy atom. The smallest absolute Gasteiger partial charge is 0.0449 e. The van der Waals surface area contributed by atoms with Crippen molar-refractivity contribution in [2.24, 2.45) is 5.73 Å². The van der Waals surface area contributed by atoms with E-state index in [0.29, 0.717) is 6.54 Å². The highest BCUT2D eigenvalue weighted by molar-refractivity contribution is 9.10. The third-order valence-corrected chi connectivity index (χ3v) is 5.47. The molecule has 2 aromatic rings. The molecule has 1 aliphatic rings. The maximum Gasteiger partial charge on any atom is 0.0449 e. The molecule has 0 heterocycles. The zero-order valence-corrected chi connectivity index (χ0v) is 14.3. The fourth-order valence-corrected chi connectivity index (χ4v) is 4.25. The molecule has 0 saturated carbocycles. The zero-order chi connectivity index (χ0) is 14.9. The van der Waals surface area contributed by atoms with Gasteiger partial charge in [0, 0.05) is 21.5 Å². The first kappa shape index (κ1) is 15.1. The number of nitrogens with two attached hydrogens (primary N) is 1. The monoisotopic (exact) mass is 363 g/mol. The molecule has 2 aromatic carbocycles. The second-order valence-electron chi connectivity index (χ2n) is 5.91. The first-order chi connectivity index (χ1) is 10.1. The molecule has 0 aliphatic heterocycles. The van der Waals surface area contributed by atoms with E-state index in [9.17, 15) is 0 Å². The average Bonchev–Trinajstić information content (AvgIpc) is 2.50. The van der Waals surface area contributed by atoms with Crippen LogP contribution in [-0.4, -0.2) is 6.54 Å². The van der Waals surface area contributed by atoms with E-state index in [-0.39, 0.29) is 5.41 Å². The average molecular weight is 365 g/mol. The lowest BCUT2D eigenvalue weighted by Gasteiger charge is -2.39. The Labute approximate surface area is 139 Å². The number of hydrogen-bond donors (Lipinski definition) is 1. The molecule has 0 saturated heterocycles. The number of aryl methyl sites for hydroxylation is 1. The van der Waals surface area contributed by atoms with Gasteiger partial charge in [0.15, 0.2) is 0 Å². The SMILES string of the molecule is NCC1(Cc2ccc(Br)cc2Cl)CCCc2ccccc21. The van der Waals surface area contributed by atoms with E-state index in [2.05, 4.69) is 52.3 Å². The van der Waals surface area contributed by atoms with Crippen LogP contribution in [0.4, 0.5) is 0 Å². The standard InChI is InChI=1S/C18H19BrClN/c19-15-8-7-14(17(20)10-15)11-18(12-21)9-3-5-13-4-1-2-6-16(13)18/h1-2,4,6-8,10H,3,5,9,11-12,21H2. The first-order valence-electron chi connectivity index (χ1n) is 7.37. The van der Waals surface area contributed by atoms with Crippen LogP contribution in [0.1, 0.15) is 29.5 Å². The van der Waals surface area contributed by atoms with Gasteiger partial charge in [-0.25, -0.2) is 0 Å². The molecular formula is C18H19BrClN. The fourth-order valence-electron chi connectivity index (χ4n) is 3.50. The minimum atomic E-state index is 0.0202. The van der Waals surface area contributed by atoms with Gasteiger partial charge >= 0.3 is 0 Å². The highest BCUT2D eigenvalue weighted by Crippen LogP contribution is 2.40. The third-order valence-electron chi connectivity index (χ3n) is 4.62. The van der Waals surface area contributed by atoms with Crippen molar-refractivity contribution < 1.29 is 0 Å². The number of halogens is 2. The van der Waals surface area contributed by atoms with Gasteiger partial charge in [0.1, 0.15) is 0 Å². The van der Waals surface area contributed by atoms with Gasteiger partial charge in [-0.05, 0) is 54.5 Å². The molecule has 0 bridgehead atoms. The normalized spacial score (nSPS) is 21.1. The number of hydrogen-bond acceptors (Lipinski definition) is 1. The zero-order valence-electron chi connectivity index (χ0n) is 11.9. The van der Waals surface area contributed by atoms with Gasteiger partial charge in [-0.15, -0.1) is 0 Å². The molecule has 21 heavy (non-hydrogen) atoms. The summed E-state index contributed by atoms with van der Waals surface area (Å²) in [7, 11) is 0. The maximum absolute atomic E-state index is 6.42. The summed E-state index contributed by atoms with van der Waals surface area (Å²) in [6.45, 7) is 0.663. The summed E-state index contributed by atoms with van der Waals surface area (Å²) in [5, 5.41) is 0.820. The van der Waals surface area contributed by atoms with Crippen LogP contribution < -0.4 is 5.73 Å². The Hall–Kier alpha value is -0.830. The maximum atomic E-state index is 6.42. The van der Waals surface area contributed by atoms with E-state index in [0.717, 1.165) is 28.8 Å². The fraction of sp³-hybridized carbons (Fsp3) is 0.333. The van der Waals surface area contributed by atoms with Crippen LogP contribution in [0, 0.1) is 0 Å². The van der Waals surface area contributed by atoms with Crippen molar-refractivity contribution >= 4 is 27.5 Å². The number of rotatable bonds is 3. The topological polar surface area (TPSA) is 26.0 Å². The predicted octanol–water partition coefficient (Wildman–Crippen LogP) is 4.88. The number of fused-ring (bicyclic) bond motifs is 1. The summed E-state index contributed by atoms with van der Waals surface area (Å²) in [6, 6.07) is 14.9. The Morgan fingerprint density at radius 2 is 2.00 bits per heavy atom. The van der Waals surface area contributed by atoms with E-state index in [1.165, 1.54) is 23.1 Å². The second kappa shape index (κ2) is 6.12. The van der Waals surface area contributed by atoms with Crippen molar-refractivity contribution in [3.05, 3.63) is 68.7 Å². The highest BCUT2D eigenvalue weighted by atomic mass is 79.9. The van der Waals surface area contributed by atoms with Crippen molar-refractivity contribution in [1.29, 1.82) is 0 Å². The van der Waals surface area contributed by atoms with E-state index in [1.54, 1.807) is 0 Å². The van der Waals surface area contributed by atoms with Crippen LogP contribution >= 0.6 is 27.5 Å². The predicted molar refractivity (Wildman–Crippen MR) is 93.0 cm³/mol. The summed E-state index contributed by atoms with van der Waals surface area (Å²) in [6.07, 6.45) is 4.40. The molecule has 0 fully saturated rings. The van der Waals surface area contributed by atoms with Gasteiger partial charge in [0.25, 0.3) is 0 Å². The van der Waals surface area contributed by atoms with Crippen LogP contribution in [0.15, 0.2) is 46.9 Å². The third kappa shape index (κ3) is 2.90. The van der Waals surface area contributed by atoms with Crippen molar-refractivity contribution in [2.45, 2.75) is 31.1 Å². The van der Waals surface area contributed by atoms with Crippen LogP contribution in [-0.2, 0) is 18.3 Å². The summed E-state index contributed by atoms with van der Waals surface area (Å²) in [4.78, 5) is 0. The van der Waals surface area contributed by atoms with Gasteiger partial charge < -0.3 is 5.73 Å². The molecule has 1 aliphatic carbocycles. The summed E-state index contributed by atoms with van der Waals surface area (Å²) in [5.41, 5.74) is 10.3. The molecule has 2 N–H and O–H groups in total. The summed E-state index contributed by atoms with van der Waals surface area (Å²) in [5.74, 6) is 0. The molecule has 1 nitrogen and oxygen atoms in total. The lowest BCUT2D eigenvalue weighted by Crippen LogP contribution is -2.40. The molecule has 0 amide bonds. The van der Waals surface area contributed by atoms with Crippen LogP contribution in [0.5, 0.6) is 0 Å². The summed E-state index contributed by atoms with van der Waals surface area (Å²) < 4.78 is 1.02. The van der Waals surface area contributed by atoms with Gasteiger partial charge in [-0.2, -0.15) is 0 Å². The van der Waals surface area contributed by atoms with Crippen LogP contribution in [0.3, 0.4) is 0 Å². The van der Waals surface area contributed by atoms with E-state index >= 15 is 0 Å². The quantitative estimate of drug-likeness (QED) is 0.825. The molecule has 3 rings (SSSR count). The van der Waals surface area contributed by atoms with Crippen molar-refractivity contribution in [3.63, 3.8) is 0 Å². The van der Waals surface area contributed by atoms with Crippen LogP contribution in [0.25, 0.3) is 0 Å². The second-order valence-corrected chi connectivity index (χ2v) is 7.23. The first-order valence-corrected chi connectivity index (χ1v) is 8.54. The molecular weight excluding hydrogens is 346 g/mol. The van der Waals surface area contributed by atoms with E-state index in [1.807, 2.05) is 6.07 Å². The highest BCUT2D eigenvalue weighted by Gasteiger charge is 2.35. The minimum Gasteiger partial charge on any atom is -0.330 e. The van der Waals surface area contributed by atoms with E-state index < -0.39 is 0 Å². The molecule has 110 valence electrons. The molecule has 0 radical (unpaired) electrons. The van der Waals surface area contributed by atoms with Gasteiger partial charge in [0.2, 0.25) is 0 Å². The molecule has 0 aromatic heterocycles. The summed E-state index contributed by atoms with van der Waals surface area (Å²) >= 11 is 9.89. The Kier molecular flexibility index (Phi) is 4.39. The van der Waals surface area contributed by atoms with Crippen molar-refractivity contribution in [1.82, 2.24) is 0 Å². The van der Waals surface area contributed by atoms with Crippen LogP contribution in [0.2, 0.25) is 5.02 Å². The van der Waals surface area contributed by atoms with Gasteiger partial charge in [-0.3, -0.25) is 0 Å². The lowest BCUT2D eigenvalue weighted by atomic mass is 9.67. The molecule has 0 spiro atoms. The Morgan fingerprint density at radius 3 is 2.76 bits per heavy atom. The van der Waals surface area contributed by atoms with Crippen molar-refractivity contribution in [3.8, 4) is 0 Å². The molecule has 1 unspecified atom stereocenters.